The molecule has 1 aliphatic heterocycles. The predicted octanol–water partition coefficient (Wildman–Crippen LogP) is 1.26. The van der Waals surface area contributed by atoms with Crippen molar-refractivity contribution >= 4 is 5.91 Å². The van der Waals surface area contributed by atoms with Gasteiger partial charge in [0.25, 0.3) is 0 Å². The zero-order valence-corrected chi connectivity index (χ0v) is 11.9. The maximum absolute atomic E-state index is 12.5. The van der Waals surface area contributed by atoms with Crippen LogP contribution < -0.4 is 5.32 Å². The van der Waals surface area contributed by atoms with Gasteiger partial charge in [0.05, 0.1) is 6.61 Å². The van der Waals surface area contributed by atoms with Crippen molar-refractivity contribution in [1.29, 1.82) is 0 Å². The molecule has 0 aromatic rings. The van der Waals surface area contributed by atoms with Gasteiger partial charge in [-0.25, -0.2) is 0 Å². The van der Waals surface area contributed by atoms with Gasteiger partial charge in [-0.2, -0.15) is 0 Å². The zero-order valence-electron chi connectivity index (χ0n) is 11.9. The fourth-order valence-corrected chi connectivity index (χ4v) is 2.78. The highest BCUT2D eigenvalue weighted by Crippen LogP contribution is 2.52. The van der Waals surface area contributed by atoms with E-state index in [1.165, 1.54) is 12.8 Å². The summed E-state index contributed by atoms with van der Waals surface area (Å²) in [6.45, 7) is 7.64. The molecule has 0 spiro atoms. The van der Waals surface area contributed by atoms with Crippen LogP contribution >= 0.6 is 0 Å². The van der Waals surface area contributed by atoms with Crippen LogP contribution in [0.1, 0.15) is 33.1 Å². The molecule has 1 saturated heterocycles. The summed E-state index contributed by atoms with van der Waals surface area (Å²) in [4.78, 5) is 14.5. The molecule has 1 N–H and O–H groups in total. The Labute approximate surface area is 110 Å². The molecule has 0 bridgehead atoms. The van der Waals surface area contributed by atoms with E-state index in [1.807, 2.05) is 4.90 Å². The molecule has 2 fully saturated rings. The standard InChI is InChI=1S/C14H26N2O2/c1-14(2)9-12(14)13(17)16(7-8-18-3)10-11-5-4-6-15-11/h11-12,15H,4-10H2,1-3H3. The number of carbonyl (C=O) groups excluding carboxylic acids is 1. The van der Waals surface area contributed by atoms with Crippen LogP contribution in [-0.2, 0) is 9.53 Å². The highest BCUT2D eigenvalue weighted by molar-refractivity contribution is 5.82. The summed E-state index contributed by atoms with van der Waals surface area (Å²) in [6, 6.07) is 0.479. The van der Waals surface area contributed by atoms with E-state index < -0.39 is 0 Å². The van der Waals surface area contributed by atoms with Crippen LogP contribution in [0.15, 0.2) is 0 Å². The van der Waals surface area contributed by atoms with Gasteiger partial charge in [-0.1, -0.05) is 13.8 Å². The summed E-state index contributed by atoms with van der Waals surface area (Å²) in [5.41, 5.74) is 0.214. The third-order valence-electron chi connectivity index (χ3n) is 4.29. The molecule has 1 aliphatic carbocycles. The highest BCUT2D eigenvalue weighted by Gasteiger charge is 2.51. The minimum Gasteiger partial charge on any atom is -0.383 e. The summed E-state index contributed by atoms with van der Waals surface area (Å²) in [6.07, 6.45) is 3.45. The lowest BCUT2D eigenvalue weighted by Crippen LogP contribution is -2.43. The molecule has 2 rings (SSSR count). The van der Waals surface area contributed by atoms with E-state index in [2.05, 4.69) is 19.2 Å². The molecule has 2 aliphatic rings. The number of hydrogen-bond acceptors (Lipinski definition) is 3. The average Bonchev–Trinajstić information content (AvgIpc) is 2.77. The Morgan fingerprint density at radius 1 is 1.50 bits per heavy atom. The number of nitrogens with one attached hydrogen (secondary N) is 1. The summed E-state index contributed by atoms with van der Waals surface area (Å²) < 4.78 is 5.12. The number of amides is 1. The van der Waals surface area contributed by atoms with E-state index in [1.54, 1.807) is 7.11 Å². The number of carbonyl (C=O) groups is 1. The highest BCUT2D eigenvalue weighted by atomic mass is 16.5. The van der Waals surface area contributed by atoms with Gasteiger partial charge in [0.2, 0.25) is 5.91 Å². The van der Waals surface area contributed by atoms with E-state index in [4.69, 9.17) is 4.74 Å². The van der Waals surface area contributed by atoms with Crippen molar-refractivity contribution in [2.75, 3.05) is 33.4 Å². The van der Waals surface area contributed by atoms with E-state index >= 15 is 0 Å². The first kappa shape index (κ1) is 13.8. The largest absolute Gasteiger partial charge is 0.383 e. The molecule has 1 amide bonds. The van der Waals surface area contributed by atoms with Crippen LogP contribution in [-0.4, -0.2) is 50.2 Å². The van der Waals surface area contributed by atoms with E-state index in [0.717, 1.165) is 26.1 Å². The van der Waals surface area contributed by atoms with E-state index in [-0.39, 0.29) is 11.3 Å². The van der Waals surface area contributed by atoms with Gasteiger partial charge in [-0.3, -0.25) is 4.79 Å². The van der Waals surface area contributed by atoms with Gasteiger partial charge in [-0.05, 0) is 31.2 Å². The van der Waals surface area contributed by atoms with Crippen molar-refractivity contribution in [2.45, 2.75) is 39.2 Å². The van der Waals surface area contributed by atoms with Crippen LogP contribution in [0.3, 0.4) is 0 Å². The Morgan fingerprint density at radius 3 is 2.72 bits per heavy atom. The number of nitrogens with zero attached hydrogens (tertiary/aromatic N) is 1. The molecule has 2 atom stereocenters. The number of rotatable bonds is 6. The monoisotopic (exact) mass is 254 g/mol. The van der Waals surface area contributed by atoms with Crippen LogP contribution in [0.4, 0.5) is 0 Å². The molecule has 0 radical (unpaired) electrons. The number of hydrogen-bond donors (Lipinski definition) is 1. The number of ether oxygens (including phenoxy) is 1. The second-order valence-corrected chi connectivity index (χ2v) is 6.32. The first-order chi connectivity index (χ1) is 8.54. The second-order valence-electron chi connectivity index (χ2n) is 6.32. The van der Waals surface area contributed by atoms with Crippen molar-refractivity contribution in [2.24, 2.45) is 11.3 Å². The van der Waals surface area contributed by atoms with Gasteiger partial charge in [-0.15, -0.1) is 0 Å². The molecule has 2 unspecified atom stereocenters. The molecular formula is C14H26N2O2. The zero-order chi connectivity index (χ0) is 13.2. The normalized spacial score (nSPS) is 29.3. The van der Waals surface area contributed by atoms with E-state index in [9.17, 15) is 4.79 Å². The van der Waals surface area contributed by atoms with Crippen molar-refractivity contribution in [3.05, 3.63) is 0 Å². The van der Waals surface area contributed by atoms with Crippen molar-refractivity contribution in [3.8, 4) is 0 Å². The first-order valence-corrected chi connectivity index (χ1v) is 7.05. The Bertz CT molecular complexity index is 298. The van der Waals surface area contributed by atoms with E-state index in [0.29, 0.717) is 18.6 Å². The molecule has 1 heterocycles. The van der Waals surface area contributed by atoms with Gasteiger partial charge in [0, 0.05) is 32.2 Å². The third-order valence-corrected chi connectivity index (χ3v) is 4.29. The lowest BCUT2D eigenvalue weighted by molar-refractivity contribution is -0.134. The molecule has 4 heteroatoms. The first-order valence-electron chi connectivity index (χ1n) is 7.05. The molecule has 18 heavy (non-hydrogen) atoms. The summed E-state index contributed by atoms with van der Waals surface area (Å²) in [7, 11) is 1.69. The lowest BCUT2D eigenvalue weighted by atomic mass is 10.1. The smallest absolute Gasteiger partial charge is 0.226 e. The fraction of sp³-hybridized carbons (Fsp3) is 0.929. The average molecular weight is 254 g/mol. The fourth-order valence-electron chi connectivity index (χ4n) is 2.78. The molecule has 0 aromatic heterocycles. The Balaban J connectivity index is 1.89. The van der Waals surface area contributed by atoms with Crippen molar-refractivity contribution in [1.82, 2.24) is 10.2 Å². The Kier molecular flexibility index (Phi) is 4.28. The summed E-state index contributed by atoms with van der Waals surface area (Å²) in [5.74, 6) is 0.557. The van der Waals surface area contributed by atoms with Crippen LogP contribution in [0.5, 0.6) is 0 Å². The summed E-state index contributed by atoms with van der Waals surface area (Å²) in [5, 5.41) is 3.46. The Hall–Kier alpha value is -0.610. The van der Waals surface area contributed by atoms with Crippen LogP contribution in [0, 0.1) is 11.3 Å². The predicted molar refractivity (Wildman–Crippen MR) is 71.4 cm³/mol. The maximum Gasteiger partial charge on any atom is 0.226 e. The SMILES string of the molecule is COCCN(CC1CCCN1)C(=O)C1CC1(C)C. The van der Waals surface area contributed by atoms with Gasteiger partial charge < -0.3 is 15.0 Å². The van der Waals surface area contributed by atoms with Crippen LogP contribution in [0.25, 0.3) is 0 Å². The van der Waals surface area contributed by atoms with Crippen molar-refractivity contribution < 1.29 is 9.53 Å². The molecule has 1 saturated carbocycles. The molecular weight excluding hydrogens is 228 g/mol. The summed E-state index contributed by atoms with van der Waals surface area (Å²) >= 11 is 0. The van der Waals surface area contributed by atoms with Crippen LogP contribution in [0.2, 0.25) is 0 Å². The third kappa shape index (κ3) is 3.23. The molecule has 0 aromatic carbocycles. The minimum absolute atomic E-state index is 0.214. The number of methoxy groups -OCH3 is 1. The van der Waals surface area contributed by atoms with Gasteiger partial charge in [0.15, 0.2) is 0 Å². The minimum atomic E-state index is 0.214. The van der Waals surface area contributed by atoms with Crippen molar-refractivity contribution in [3.63, 3.8) is 0 Å². The maximum atomic E-state index is 12.5. The quantitative estimate of drug-likeness (QED) is 0.776. The van der Waals surface area contributed by atoms with Gasteiger partial charge >= 0.3 is 0 Å². The topological polar surface area (TPSA) is 41.6 Å². The molecule has 104 valence electrons. The van der Waals surface area contributed by atoms with Gasteiger partial charge in [0.1, 0.15) is 0 Å². The Morgan fingerprint density at radius 2 is 2.22 bits per heavy atom. The lowest BCUT2D eigenvalue weighted by Gasteiger charge is -2.26. The molecule has 4 nitrogen and oxygen atoms in total. The second kappa shape index (κ2) is 5.57.